The van der Waals surface area contributed by atoms with Gasteiger partial charge in [-0.2, -0.15) is 0 Å². The van der Waals surface area contributed by atoms with Gasteiger partial charge in [-0.15, -0.1) is 0 Å². The normalized spacial score (nSPS) is 24.5. The van der Waals surface area contributed by atoms with Crippen molar-refractivity contribution in [1.82, 2.24) is 5.32 Å². The summed E-state index contributed by atoms with van der Waals surface area (Å²) in [5.41, 5.74) is -0.620. The maximum absolute atomic E-state index is 11.7. The lowest BCUT2D eigenvalue weighted by Gasteiger charge is -2.27. The van der Waals surface area contributed by atoms with Gasteiger partial charge in [0.05, 0.1) is 12.0 Å². The Hall–Kier alpha value is -1.59. The molecule has 1 rings (SSSR count). The largest absolute Gasteiger partial charge is 0.481 e. The highest BCUT2D eigenvalue weighted by Crippen LogP contribution is 2.22. The quantitative estimate of drug-likeness (QED) is 0.778. The zero-order valence-electron chi connectivity index (χ0n) is 10.9. The van der Waals surface area contributed by atoms with Crippen LogP contribution in [0.4, 0.5) is 4.79 Å². The van der Waals surface area contributed by atoms with Crippen LogP contribution in [0.2, 0.25) is 0 Å². The molecule has 0 aliphatic heterocycles. The molecule has 0 aromatic carbocycles. The number of carboxylic acids is 1. The molecule has 0 aromatic heterocycles. The van der Waals surface area contributed by atoms with Crippen LogP contribution in [0.15, 0.2) is 0 Å². The molecule has 0 aromatic rings. The van der Waals surface area contributed by atoms with Crippen molar-refractivity contribution in [3.05, 3.63) is 0 Å². The molecule has 2 atom stereocenters. The minimum atomic E-state index is -0.959. The molecule has 0 radical (unpaired) electrons. The monoisotopic (exact) mass is 257 g/mol. The highest BCUT2D eigenvalue weighted by atomic mass is 16.6. The molecule has 0 saturated heterocycles. The van der Waals surface area contributed by atoms with E-state index in [1.807, 2.05) is 0 Å². The molecular weight excluding hydrogens is 238 g/mol. The van der Waals surface area contributed by atoms with Crippen molar-refractivity contribution in [2.45, 2.75) is 51.7 Å². The fourth-order valence-corrected chi connectivity index (χ4v) is 1.83. The first kappa shape index (κ1) is 14.5. The summed E-state index contributed by atoms with van der Waals surface area (Å²) in [6.45, 7) is 5.20. The van der Waals surface area contributed by atoms with E-state index in [1.165, 1.54) is 0 Å². The number of rotatable bonds is 2. The van der Waals surface area contributed by atoms with Crippen LogP contribution in [0.25, 0.3) is 0 Å². The topological polar surface area (TPSA) is 92.7 Å². The van der Waals surface area contributed by atoms with E-state index in [9.17, 15) is 14.4 Å². The van der Waals surface area contributed by atoms with E-state index < -0.39 is 29.6 Å². The van der Waals surface area contributed by atoms with Gasteiger partial charge in [-0.25, -0.2) is 4.79 Å². The van der Waals surface area contributed by atoms with Crippen molar-refractivity contribution in [2.24, 2.45) is 5.92 Å². The Morgan fingerprint density at radius 2 is 1.94 bits per heavy atom. The van der Waals surface area contributed by atoms with Gasteiger partial charge in [-0.3, -0.25) is 9.59 Å². The molecule has 0 spiro atoms. The van der Waals surface area contributed by atoms with Gasteiger partial charge < -0.3 is 15.2 Å². The lowest BCUT2D eigenvalue weighted by atomic mass is 9.85. The van der Waals surface area contributed by atoms with Gasteiger partial charge in [0.15, 0.2) is 5.78 Å². The zero-order chi connectivity index (χ0) is 13.9. The smallest absolute Gasteiger partial charge is 0.408 e. The summed E-state index contributed by atoms with van der Waals surface area (Å²) in [6, 6.07) is -0.629. The highest BCUT2D eigenvalue weighted by Gasteiger charge is 2.33. The molecular formula is C12H19NO5. The summed E-state index contributed by atoms with van der Waals surface area (Å²) in [6.07, 6.45) is 0.0569. The summed E-state index contributed by atoms with van der Waals surface area (Å²) in [4.78, 5) is 33.9. The fourth-order valence-electron chi connectivity index (χ4n) is 1.83. The number of Topliss-reactive ketones (excluding diaryl/α,β-unsaturated/α-hetero) is 1. The second kappa shape index (κ2) is 5.37. The average Bonchev–Trinajstić information content (AvgIpc) is 2.17. The van der Waals surface area contributed by atoms with Gasteiger partial charge in [-0.1, -0.05) is 0 Å². The lowest BCUT2D eigenvalue weighted by molar-refractivity contribution is -0.145. The van der Waals surface area contributed by atoms with Gasteiger partial charge in [0, 0.05) is 6.42 Å². The number of carboxylic acid groups (broad SMARTS) is 1. The van der Waals surface area contributed by atoms with Crippen LogP contribution in [-0.2, 0) is 14.3 Å². The average molecular weight is 257 g/mol. The van der Waals surface area contributed by atoms with Crippen molar-refractivity contribution in [3.8, 4) is 0 Å². The number of hydrogen-bond donors (Lipinski definition) is 2. The minimum absolute atomic E-state index is 0.0319. The third-order valence-electron chi connectivity index (χ3n) is 2.68. The van der Waals surface area contributed by atoms with Crippen LogP contribution in [0, 0.1) is 5.92 Å². The Morgan fingerprint density at radius 3 is 2.39 bits per heavy atom. The molecule has 1 aliphatic carbocycles. The van der Waals surface area contributed by atoms with E-state index in [-0.39, 0.29) is 12.2 Å². The van der Waals surface area contributed by atoms with Crippen molar-refractivity contribution in [3.63, 3.8) is 0 Å². The summed E-state index contributed by atoms with van der Waals surface area (Å²) in [5, 5.41) is 11.3. The highest BCUT2D eigenvalue weighted by molar-refractivity contribution is 5.91. The molecule has 18 heavy (non-hydrogen) atoms. The number of amides is 1. The number of aliphatic carboxylic acids is 1. The number of hydrogen-bond acceptors (Lipinski definition) is 4. The molecule has 102 valence electrons. The van der Waals surface area contributed by atoms with E-state index in [0.717, 1.165) is 0 Å². The molecule has 6 heteroatoms. The lowest BCUT2D eigenvalue weighted by Crippen LogP contribution is -2.46. The maximum atomic E-state index is 11.7. The Morgan fingerprint density at radius 1 is 1.33 bits per heavy atom. The van der Waals surface area contributed by atoms with Gasteiger partial charge in [0.25, 0.3) is 0 Å². The molecule has 1 amide bonds. The Bertz CT molecular complexity index is 358. The molecule has 0 unspecified atom stereocenters. The second-order valence-electron chi connectivity index (χ2n) is 5.48. The fraction of sp³-hybridized carbons (Fsp3) is 0.750. The van der Waals surface area contributed by atoms with E-state index in [0.29, 0.717) is 12.8 Å². The van der Waals surface area contributed by atoms with Gasteiger partial charge >= 0.3 is 12.1 Å². The summed E-state index contributed by atoms with van der Waals surface area (Å²) >= 11 is 0. The SMILES string of the molecule is CC(C)(C)OC(=O)N[C@H]1CC[C@H](C(=O)O)CC1=O. The number of ketones is 1. The third kappa shape index (κ3) is 4.35. The number of ether oxygens (including phenoxy) is 1. The predicted molar refractivity (Wildman–Crippen MR) is 63.1 cm³/mol. The Labute approximate surface area is 106 Å². The predicted octanol–water partition coefficient (Wildman–Crippen LogP) is 1.33. The second-order valence-corrected chi connectivity index (χ2v) is 5.48. The third-order valence-corrected chi connectivity index (χ3v) is 2.68. The summed E-state index contributed by atoms with van der Waals surface area (Å²) in [7, 11) is 0. The molecule has 1 aliphatic rings. The van der Waals surface area contributed by atoms with Crippen molar-refractivity contribution in [2.75, 3.05) is 0 Å². The first-order valence-electron chi connectivity index (χ1n) is 5.94. The van der Waals surface area contributed by atoms with E-state index in [4.69, 9.17) is 9.84 Å². The number of nitrogens with one attached hydrogen (secondary N) is 1. The van der Waals surface area contributed by atoms with Crippen LogP contribution in [0.1, 0.15) is 40.0 Å². The molecule has 0 heterocycles. The molecule has 0 bridgehead atoms. The van der Waals surface area contributed by atoms with Gasteiger partial charge in [-0.05, 0) is 33.6 Å². The summed E-state index contributed by atoms with van der Waals surface area (Å²) < 4.78 is 5.04. The van der Waals surface area contributed by atoms with Gasteiger partial charge in [0.1, 0.15) is 5.60 Å². The van der Waals surface area contributed by atoms with Crippen LogP contribution >= 0.6 is 0 Å². The molecule has 6 nitrogen and oxygen atoms in total. The molecule has 2 N–H and O–H groups in total. The van der Waals surface area contributed by atoms with E-state index in [1.54, 1.807) is 20.8 Å². The van der Waals surface area contributed by atoms with Crippen LogP contribution in [0.5, 0.6) is 0 Å². The van der Waals surface area contributed by atoms with Crippen molar-refractivity contribution >= 4 is 17.8 Å². The number of carbonyl (C=O) groups is 3. The van der Waals surface area contributed by atoms with Crippen LogP contribution in [-0.4, -0.2) is 34.6 Å². The van der Waals surface area contributed by atoms with Crippen molar-refractivity contribution < 1.29 is 24.2 Å². The first-order valence-corrected chi connectivity index (χ1v) is 5.94. The summed E-state index contributed by atoms with van der Waals surface area (Å²) in [5.74, 6) is -1.84. The zero-order valence-corrected chi connectivity index (χ0v) is 10.9. The molecule has 1 fully saturated rings. The minimum Gasteiger partial charge on any atom is -0.481 e. The van der Waals surface area contributed by atoms with Gasteiger partial charge in [0.2, 0.25) is 0 Å². The Balaban J connectivity index is 2.48. The number of alkyl carbamates (subject to hydrolysis) is 1. The standard InChI is InChI=1S/C12H19NO5/c1-12(2,3)18-11(17)13-8-5-4-7(10(15)16)6-9(8)14/h7-8H,4-6H2,1-3H3,(H,13,17)(H,15,16)/t7-,8-/m0/s1. The van der Waals surface area contributed by atoms with Crippen molar-refractivity contribution in [1.29, 1.82) is 0 Å². The first-order chi connectivity index (χ1) is 8.19. The van der Waals surface area contributed by atoms with Crippen LogP contribution < -0.4 is 5.32 Å². The Kier molecular flexibility index (Phi) is 4.32. The maximum Gasteiger partial charge on any atom is 0.408 e. The van der Waals surface area contributed by atoms with Crippen LogP contribution in [0.3, 0.4) is 0 Å². The van der Waals surface area contributed by atoms with E-state index in [2.05, 4.69) is 5.32 Å². The number of carbonyl (C=O) groups excluding carboxylic acids is 2. The van der Waals surface area contributed by atoms with E-state index >= 15 is 0 Å². The molecule has 1 saturated carbocycles.